The van der Waals surface area contributed by atoms with Crippen molar-refractivity contribution >= 4 is 5.82 Å². The Morgan fingerprint density at radius 1 is 1.14 bits per heavy atom. The fourth-order valence-corrected chi connectivity index (χ4v) is 4.31. The number of nitrogens with zero attached hydrogens (tertiary/aromatic N) is 4. The third-order valence-corrected chi connectivity index (χ3v) is 5.50. The third kappa shape index (κ3) is 2.67. The highest BCUT2D eigenvalue weighted by atomic mass is 15.3. The lowest BCUT2D eigenvalue weighted by Crippen LogP contribution is -2.72. The summed E-state index contributed by atoms with van der Waals surface area (Å²) < 4.78 is 0. The van der Waals surface area contributed by atoms with Crippen molar-refractivity contribution in [3.63, 3.8) is 0 Å². The van der Waals surface area contributed by atoms with Gasteiger partial charge in [0.1, 0.15) is 5.82 Å². The second-order valence-electron chi connectivity index (χ2n) is 7.46. The highest BCUT2D eigenvalue weighted by Gasteiger charge is 2.52. The largest absolute Gasteiger partial charge is 0.355 e. The van der Waals surface area contributed by atoms with Crippen LogP contribution >= 0.6 is 0 Å². The lowest BCUT2D eigenvalue weighted by molar-refractivity contribution is -0.0354. The average Bonchev–Trinajstić information content (AvgIpc) is 2.43. The number of likely N-dealkylation sites (tertiary alicyclic amines) is 2. The van der Waals surface area contributed by atoms with E-state index in [1.807, 2.05) is 12.3 Å². The summed E-state index contributed by atoms with van der Waals surface area (Å²) in [7, 11) is 2.25. The first-order chi connectivity index (χ1) is 10.2. The molecule has 1 spiro atoms. The predicted octanol–water partition coefficient (Wildman–Crippen LogP) is 1.55. The van der Waals surface area contributed by atoms with Crippen molar-refractivity contribution in [1.29, 1.82) is 0 Å². The van der Waals surface area contributed by atoms with E-state index in [4.69, 9.17) is 0 Å². The van der Waals surface area contributed by atoms with Crippen LogP contribution in [-0.4, -0.2) is 67.6 Å². The van der Waals surface area contributed by atoms with Gasteiger partial charge in [0, 0.05) is 44.3 Å². The molecule has 0 radical (unpaired) electrons. The van der Waals surface area contributed by atoms with Crippen LogP contribution in [0.25, 0.3) is 0 Å². The standard InChI is InChI=1S/C17H26N4/c1-19-8-5-15(6-9-19)10-20-11-17(12-20)13-21(14-17)16-4-2-3-7-18-16/h2-4,7,15H,5-6,8-14H2,1H3. The van der Waals surface area contributed by atoms with E-state index >= 15 is 0 Å². The van der Waals surface area contributed by atoms with Crippen molar-refractivity contribution in [2.24, 2.45) is 11.3 Å². The minimum Gasteiger partial charge on any atom is -0.355 e. The van der Waals surface area contributed by atoms with Crippen molar-refractivity contribution < 1.29 is 0 Å². The Labute approximate surface area is 127 Å². The molecule has 4 nitrogen and oxygen atoms in total. The summed E-state index contributed by atoms with van der Waals surface area (Å²) in [4.78, 5) is 12.0. The quantitative estimate of drug-likeness (QED) is 0.841. The summed E-state index contributed by atoms with van der Waals surface area (Å²) in [6.07, 6.45) is 4.67. The summed E-state index contributed by atoms with van der Waals surface area (Å²) in [6, 6.07) is 6.20. The number of pyridine rings is 1. The van der Waals surface area contributed by atoms with Gasteiger partial charge in [-0.05, 0) is 51.0 Å². The zero-order chi connectivity index (χ0) is 14.3. The molecule has 21 heavy (non-hydrogen) atoms. The van der Waals surface area contributed by atoms with Gasteiger partial charge in [-0.15, -0.1) is 0 Å². The first kappa shape index (κ1) is 13.5. The number of hydrogen-bond acceptors (Lipinski definition) is 4. The lowest BCUT2D eigenvalue weighted by Gasteiger charge is -2.61. The van der Waals surface area contributed by atoms with E-state index in [1.54, 1.807) is 0 Å². The molecule has 1 aromatic rings. The van der Waals surface area contributed by atoms with E-state index in [0.717, 1.165) is 11.7 Å². The SMILES string of the molecule is CN1CCC(CN2CC3(C2)CN(c2ccccn2)C3)CC1. The van der Waals surface area contributed by atoms with Crippen LogP contribution in [0.15, 0.2) is 24.4 Å². The maximum Gasteiger partial charge on any atom is 0.128 e. The highest BCUT2D eigenvalue weighted by molar-refractivity contribution is 5.43. The van der Waals surface area contributed by atoms with Crippen molar-refractivity contribution in [3.8, 4) is 0 Å². The molecule has 0 aliphatic carbocycles. The lowest BCUT2D eigenvalue weighted by atomic mass is 9.72. The molecule has 0 saturated carbocycles. The molecule has 0 aromatic carbocycles. The van der Waals surface area contributed by atoms with Crippen LogP contribution in [-0.2, 0) is 0 Å². The molecule has 0 N–H and O–H groups in total. The van der Waals surface area contributed by atoms with Crippen molar-refractivity contribution in [2.75, 3.05) is 57.8 Å². The number of rotatable bonds is 3. The fourth-order valence-electron chi connectivity index (χ4n) is 4.31. The van der Waals surface area contributed by atoms with Gasteiger partial charge in [-0.3, -0.25) is 0 Å². The van der Waals surface area contributed by atoms with Gasteiger partial charge >= 0.3 is 0 Å². The van der Waals surface area contributed by atoms with Crippen LogP contribution in [0.2, 0.25) is 0 Å². The molecule has 114 valence electrons. The molecule has 0 atom stereocenters. The second-order valence-corrected chi connectivity index (χ2v) is 7.46. The molecule has 4 heteroatoms. The second kappa shape index (κ2) is 5.25. The molecule has 0 unspecified atom stereocenters. The minimum atomic E-state index is 0.586. The molecule has 0 bridgehead atoms. The maximum atomic E-state index is 4.45. The number of aromatic nitrogens is 1. The summed E-state index contributed by atoms with van der Waals surface area (Å²) in [5, 5.41) is 0. The van der Waals surface area contributed by atoms with Crippen molar-refractivity contribution in [3.05, 3.63) is 24.4 Å². The van der Waals surface area contributed by atoms with Crippen LogP contribution in [0.5, 0.6) is 0 Å². The Morgan fingerprint density at radius 2 is 1.90 bits per heavy atom. The molecular formula is C17H26N4. The predicted molar refractivity (Wildman–Crippen MR) is 85.5 cm³/mol. The third-order valence-electron chi connectivity index (χ3n) is 5.50. The monoisotopic (exact) mass is 286 g/mol. The highest BCUT2D eigenvalue weighted by Crippen LogP contribution is 2.41. The topological polar surface area (TPSA) is 22.6 Å². The zero-order valence-corrected chi connectivity index (χ0v) is 13.0. The molecular weight excluding hydrogens is 260 g/mol. The van der Waals surface area contributed by atoms with Gasteiger partial charge in [0.05, 0.1) is 0 Å². The molecule has 4 heterocycles. The Kier molecular flexibility index (Phi) is 3.38. The summed E-state index contributed by atoms with van der Waals surface area (Å²) in [5.74, 6) is 2.09. The van der Waals surface area contributed by atoms with Crippen LogP contribution in [0.3, 0.4) is 0 Å². The molecule has 3 aliphatic heterocycles. The molecule has 3 fully saturated rings. The van der Waals surface area contributed by atoms with E-state index in [9.17, 15) is 0 Å². The molecule has 3 saturated heterocycles. The van der Waals surface area contributed by atoms with Gasteiger partial charge in [0.2, 0.25) is 0 Å². The van der Waals surface area contributed by atoms with E-state index in [0.29, 0.717) is 5.41 Å². The number of hydrogen-bond donors (Lipinski definition) is 0. The summed E-state index contributed by atoms with van der Waals surface area (Å²) >= 11 is 0. The minimum absolute atomic E-state index is 0.586. The van der Waals surface area contributed by atoms with Gasteiger partial charge < -0.3 is 14.7 Å². The Balaban J connectivity index is 1.22. The maximum absolute atomic E-state index is 4.45. The zero-order valence-electron chi connectivity index (χ0n) is 13.0. The van der Waals surface area contributed by atoms with Crippen molar-refractivity contribution in [2.45, 2.75) is 12.8 Å². The smallest absolute Gasteiger partial charge is 0.128 e. The van der Waals surface area contributed by atoms with Gasteiger partial charge in [0.25, 0.3) is 0 Å². The molecule has 1 aromatic heterocycles. The van der Waals surface area contributed by atoms with Crippen LogP contribution in [0.1, 0.15) is 12.8 Å². The van der Waals surface area contributed by atoms with E-state index in [-0.39, 0.29) is 0 Å². The number of anilines is 1. The Hall–Kier alpha value is -1.13. The Bertz CT molecular complexity index is 467. The molecule has 0 amide bonds. The van der Waals surface area contributed by atoms with Crippen LogP contribution in [0, 0.1) is 11.3 Å². The van der Waals surface area contributed by atoms with E-state index < -0.39 is 0 Å². The van der Waals surface area contributed by atoms with E-state index in [1.165, 1.54) is 58.7 Å². The van der Waals surface area contributed by atoms with Gasteiger partial charge in [-0.1, -0.05) is 6.07 Å². The number of piperidine rings is 1. The van der Waals surface area contributed by atoms with Gasteiger partial charge in [-0.2, -0.15) is 0 Å². The van der Waals surface area contributed by atoms with E-state index in [2.05, 4.69) is 38.9 Å². The molecule has 4 rings (SSSR count). The first-order valence-electron chi connectivity index (χ1n) is 8.29. The van der Waals surface area contributed by atoms with Gasteiger partial charge in [-0.25, -0.2) is 4.98 Å². The summed E-state index contributed by atoms with van der Waals surface area (Å²) in [6.45, 7) is 8.93. The average molecular weight is 286 g/mol. The van der Waals surface area contributed by atoms with Crippen LogP contribution in [0.4, 0.5) is 5.82 Å². The van der Waals surface area contributed by atoms with Crippen LogP contribution < -0.4 is 4.90 Å². The van der Waals surface area contributed by atoms with Crippen molar-refractivity contribution in [1.82, 2.24) is 14.8 Å². The molecule has 3 aliphatic rings. The Morgan fingerprint density at radius 3 is 2.57 bits per heavy atom. The summed E-state index contributed by atoms with van der Waals surface area (Å²) in [5.41, 5.74) is 0.586. The fraction of sp³-hybridized carbons (Fsp3) is 0.706. The van der Waals surface area contributed by atoms with Gasteiger partial charge in [0.15, 0.2) is 0 Å². The first-order valence-corrected chi connectivity index (χ1v) is 8.29. The normalized spacial score (nSPS) is 26.6.